The van der Waals surface area contributed by atoms with Gasteiger partial charge < -0.3 is 5.11 Å². The van der Waals surface area contributed by atoms with E-state index < -0.39 is 5.78 Å². The molecule has 3 nitrogen and oxygen atoms in total. The van der Waals surface area contributed by atoms with Crippen LogP contribution in [0.5, 0.6) is 0 Å². The van der Waals surface area contributed by atoms with Crippen molar-refractivity contribution in [1.82, 2.24) is 0 Å². The van der Waals surface area contributed by atoms with Gasteiger partial charge in [0.05, 0.1) is 0 Å². The van der Waals surface area contributed by atoms with E-state index in [9.17, 15) is 9.90 Å². The maximum absolute atomic E-state index is 11.0. The van der Waals surface area contributed by atoms with Gasteiger partial charge in [-0.3, -0.25) is 4.79 Å². The van der Waals surface area contributed by atoms with E-state index in [1.807, 2.05) is 0 Å². The topological polar surface area (TPSA) is 61.1 Å². The lowest BCUT2D eigenvalue weighted by atomic mass is 10.1. The molecule has 0 atom stereocenters. The molecule has 0 spiro atoms. The molecular weight excluding hydrogens is 226 g/mol. The van der Waals surface area contributed by atoms with E-state index >= 15 is 0 Å². The van der Waals surface area contributed by atoms with Gasteiger partial charge in [0, 0.05) is 11.4 Å². The number of halogens is 1. The Hall–Kier alpha value is -1.79. The molecule has 0 aliphatic rings. The standard InChI is InChI=1S/C12H10ClNO2/c1-8(15)10(7-14)12(16)6-9-4-2-3-5-11(9)13/h2-5,16H,6H2,1H3. The Morgan fingerprint density at radius 3 is 2.62 bits per heavy atom. The van der Waals surface area contributed by atoms with Crippen LogP contribution in [0.2, 0.25) is 5.02 Å². The zero-order valence-electron chi connectivity index (χ0n) is 8.70. The zero-order valence-corrected chi connectivity index (χ0v) is 9.45. The van der Waals surface area contributed by atoms with Gasteiger partial charge in [0.25, 0.3) is 0 Å². The largest absolute Gasteiger partial charge is 0.510 e. The third-order valence-corrected chi connectivity index (χ3v) is 2.44. The molecule has 0 bridgehead atoms. The van der Waals surface area contributed by atoms with Gasteiger partial charge in [-0.25, -0.2) is 0 Å². The van der Waals surface area contributed by atoms with E-state index in [1.165, 1.54) is 6.92 Å². The van der Waals surface area contributed by atoms with Crippen LogP contribution in [-0.2, 0) is 11.2 Å². The summed E-state index contributed by atoms with van der Waals surface area (Å²) in [5.74, 6) is -0.699. The van der Waals surface area contributed by atoms with Crippen LogP contribution in [0, 0.1) is 11.3 Å². The lowest BCUT2D eigenvalue weighted by molar-refractivity contribution is -0.113. The van der Waals surface area contributed by atoms with Crippen LogP contribution in [0.25, 0.3) is 0 Å². The molecule has 0 saturated heterocycles. The number of aliphatic hydroxyl groups excluding tert-OH is 1. The number of hydrogen-bond acceptors (Lipinski definition) is 3. The van der Waals surface area contributed by atoms with Gasteiger partial charge in [-0.15, -0.1) is 0 Å². The Morgan fingerprint density at radius 2 is 2.12 bits per heavy atom. The molecule has 0 amide bonds. The van der Waals surface area contributed by atoms with Gasteiger partial charge in [0.1, 0.15) is 17.4 Å². The van der Waals surface area contributed by atoms with Crippen LogP contribution in [0.4, 0.5) is 0 Å². The SMILES string of the molecule is CC(=O)C(C#N)=C(O)Cc1ccccc1Cl. The molecule has 16 heavy (non-hydrogen) atoms. The van der Waals surface area contributed by atoms with Crippen molar-refractivity contribution in [1.29, 1.82) is 5.26 Å². The van der Waals surface area contributed by atoms with Crippen LogP contribution < -0.4 is 0 Å². The number of hydrogen-bond donors (Lipinski definition) is 1. The van der Waals surface area contributed by atoms with Crippen LogP contribution in [0.15, 0.2) is 35.6 Å². The Labute approximate surface area is 98.6 Å². The fourth-order valence-electron chi connectivity index (χ4n) is 1.26. The van der Waals surface area contributed by atoms with Gasteiger partial charge in [-0.1, -0.05) is 29.8 Å². The summed E-state index contributed by atoms with van der Waals surface area (Å²) in [4.78, 5) is 11.0. The first-order valence-corrected chi connectivity index (χ1v) is 5.00. The summed E-state index contributed by atoms with van der Waals surface area (Å²) >= 11 is 5.89. The van der Waals surface area contributed by atoms with Crippen molar-refractivity contribution in [2.45, 2.75) is 13.3 Å². The first kappa shape index (κ1) is 12.3. The van der Waals surface area contributed by atoms with Crippen LogP contribution in [0.1, 0.15) is 12.5 Å². The maximum Gasteiger partial charge on any atom is 0.173 e. The third kappa shape index (κ3) is 2.85. The average molecular weight is 236 g/mol. The van der Waals surface area contributed by atoms with Crippen LogP contribution >= 0.6 is 11.6 Å². The van der Waals surface area contributed by atoms with Gasteiger partial charge in [-0.05, 0) is 18.6 Å². The lowest BCUT2D eigenvalue weighted by Crippen LogP contribution is -2.02. The van der Waals surface area contributed by atoms with E-state index in [1.54, 1.807) is 30.3 Å². The zero-order chi connectivity index (χ0) is 12.1. The summed E-state index contributed by atoms with van der Waals surface area (Å²) in [7, 11) is 0. The molecule has 0 radical (unpaired) electrons. The number of nitriles is 1. The molecule has 0 aliphatic heterocycles. The second-order valence-corrected chi connectivity index (χ2v) is 3.67. The predicted molar refractivity (Wildman–Crippen MR) is 61.1 cm³/mol. The number of Topliss-reactive ketones (excluding diaryl/α,β-unsaturated/α-hetero) is 1. The molecule has 4 heteroatoms. The summed E-state index contributed by atoms with van der Waals surface area (Å²) in [6.45, 7) is 1.24. The maximum atomic E-state index is 11.0. The van der Waals surface area contributed by atoms with Crippen LogP contribution in [-0.4, -0.2) is 10.9 Å². The van der Waals surface area contributed by atoms with Gasteiger partial charge in [0.2, 0.25) is 0 Å². The normalized spacial score (nSPS) is 11.6. The highest BCUT2D eigenvalue weighted by Crippen LogP contribution is 2.19. The molecule has 0 aromatic heterocycles. The molecule has 0 fully saturated rings. The van der Waals surface area contributed by atoms with Crippen molar-refractivity contribution in [2.75, 3.05) is 0 Å². The fraction of sp³-hybridized carbons (Fsp3) is 0.167. The summed E-state index contributed by atoms with van der Waals surface area (Å²) < 4.78 is 0. The van der Waals surface area contributed by atoms with Crippen molar-refractivity contribution < 1.29 is 9.90 Å². The van der Waals surface area contributed by atoms with E-state index in [4.69, 9.17) is 16.9 Å². The van der Waals surface area contributed by atoms with E-state index in [0.29, 0.717) is 10.6 Å². The summed E-state index contributed by atoms with van der Waals surface area (Å²) in [6, 6.07) is 8.63. The average Bonchev–Trinajstić information content (AvgIpc) is 2.22. The molecular formula is C12H10ClNO2. The smallest absolute Gasteiger partial charge is 0.173 e. The molecule has 0 aliphatic carbocycles. The summed E-state index contributed by atoms with van der Waals surface area (Å²) in [5.41, 5.74) is 0.454. The summed E-state index contributed by atoms with van der Waals surface area (Å²) in [5, 5.41) is 18.8. The second kappa shape index (κ2) is 5.34. The monoisotopic (exact) mass is 235 g/mol. The Balaban J connectivity index is 3.03. The molecule has 0 unspecified atom stereocenters. The second-order valence-electron chi connectivity index (χ2n) is 3.26. The number of ketones is 1. The number of allylic oxidation sites excluding steroid dienone is 2. The minimum absolute atomic E-state index is 0.0855. The molecule has 1 N–H and O–H groups in total. The first-order chi connectivity index (χ1) is 7.56. The quantitative estimate of drug-likeness (QED) is 0.498. The highest BCUT2D eigenvalue weighted by Gasteiger charge is 2.11. The molecule has 0 saturated carbocycles. The Kier molecular flexibility index (Phi) is 4.10. The number of rotatable bonds is 3. The van der Waals surface area contributed by atoms with Crippen LogP contribution in [0.3, 0.4) is 0 Å². The summed E-state index contributed by atoms with van der Waals surface area (Å²) in [6.07, 6.45) is 0.0855. The van der Waals surface area contributed by atoms with Crippen molar-refractivity contribution in [3.63, 3.8) is 0 Å². The molecule has 0 heterocycles. The third-order valence-electron chi connectivity index (χ3n) is 2.07. The number of benzene rings is 1. The number of carbonyl (C=O) groups excluding carboxylic acids is 1. The van der Waals surface area contributed by atoms with Gasteiger partial charge in [-0.2, -0.15) is 5.26 Å². The highest BCUT2D eigenvalue weighted by atomic mass is 35.5. The van der Waals surface area contributed by atoms with Crippen molar-refractivity contribution in [3.8, 4) is 6.07 Å². The predicted octanol–water partition coefficient (Wildman–Crippen LogP) is 2.81. The molecule has 1 aromatic carbocycles. The van der Waals surface area contributed by atoms with Gasteiger partial charge in [0.15, 0.2) is 5.78 Å². The lowest BCUT2D eigenvalue weighted by Gasteiger charge is -2.04. The molecule has 1 rings (SSSR count). The number of nitrogens with zero attached hydrogens (tertiary/aromatic N) is 1. The minimum Gasteiger partial charge on any atom is -0.510 e. The molecule has 82 valence electrons. The Morgan fingerprint density at radius 1 is 1.50 bits per heavy atom. The van der Waals surface area contributed by atoms with Crippen molar-refractivity contribution in [2.24, 2.45) is 0 Å². The molecule has 1 aromatic rings. The van der Waals surface area contributed by atoms with E-state index in [-0.39, 0.29) is 17.8 Å². The minimum atomic E-state index is -0.452. The number of aliphatic hydroxyl groups is 1. The van der Waals surface area contributed by atoms with E-state index in [2.05, 4.69) is 0 Å². The Bertz CT molecular complexity index is 486. The fourth-order valence-corrected chi connectivity index (χ4v) is 1.46. The number of carbonyl (C=O) groups is 1. The van der Waals surface area contributed by atoms with E-state index in [0.717, 1.165) is 0 Å². The first-order valence-electron chi connectivity index (χ1n) is 4.62. The van der Waals surface area contributed by atoms with Crippen molar-refractivity contribution >= 4 is 17.4 Å². The van der Waals surface area contributed by atoms with Gasteiger partial charge >= 0.3 is 0 Å². The highest BCUT2D eigenvalue weighted by molar-refractivity contribution is 6.31. The van der Waals surface area contributed by atoms with Crippen molar-refractivity contribution in [3.05, 3.63) is 46.2 Å².